The molecule has 1 aromatic rings. The van der Waals surface area contributed by atoms with Crippen LogP contribution < -0.4 is 10.6 Å². The van der Waals surface area contributed by atoms with Crippen LogP contribution in [0.1, 0.15) is 24.8 Å². The topological polar surface area (TPSA) is 29.3 Å². The van der Waals surface area contributed by atoms with Gasteiger partial charge in [0.1, 0.15) is 5.82 Å². The SMILES string of the molecule is NCCC1CCN(c2ccc(C(F)(F)F)cc2F)CC1. The fourth-order valence-corrected chi connectivity index (χ4v) is 2.64. The van der Waals surface area contributed by atoms with Gasteiger partial charge in [0.05, 0.1) is 11.3 Å². The Morgan fingerprint density at radius 2 is 1.85 bits per heavy atom. The van der Waals surface area contributed by atoms with Gasteiger partial charge in [-0.2, -0.15) is 13.2 Å². The van der Waals surface area contributed by atoms with Crippen LogP contribution in [0.4, 0.5) is 23.2 Å². The Morgan fingerprint density at radius 1 is 1.20 bits per heavy atom. The number of benzene rings is 1. The third-order valence-electron chi connectivity index (χ3n) is 3.81. The molecule has 1 aliphatic rings. The summed E-state index contributed by atoms with van der Waals surface area (Å²) in [6.07, 6.45) is -1.76. The van der Waals surface area contributed by atoms with E-state index in [2.05, 4.69) is 0 Å². The van der Waals surface area contributed by atoms with Crippen LogP contribution >= 0.6 is 0 Å². The Balaban J connectivity index is 2.07. The average molecular weight is 290 g/mol. The number of hydrogen-bond acceptors (Lipinski definition) is 2. The van der Waals surface area contributed by atoms with Crippen molar-refractivity contribution in [1.82, 2.24) is 0 Å². The molecule has 0 aromatic heterocycles. The van der Waals surface area contributed by atoms with Crippen molar-refractivity contribution in [3.8, 4) is 0 Å². The smallest absolute Gasteiger partial charge is 0.369 e. The summed E-state index contributed by atoms with van der Waals surface area (Å²) in [6.45, 7) is 1.96. The van der Waals surface area contributed by atoms with Gasteiger partial charge < -0.3 is 10.6 Å². The molecule has 0 aliphatic carbocycles. The lowest BCUT2D eigenvalue weighted by Crippen LogP contribution is -2.34. The van der Waals surface area contributed by atoms with Gasteiger partial charge in [0.2, 0.25) is 0 Å². The minimum atomic E-state index is -4.51. The number of alkyl halides is 3. The maximum Gasteiger partial charge on any atom is 0.416 e. The normalized spacial score (nSPS) is 17.6. The van der Waals surface area contributed by atoms with Crippen molar-refractivity contribution in [2.45, 2.75) is 25.4 Å². The van der Waals surface area contributed by atoms with Crippen LogP contribution in [0, 0.1) is 11.7 Å². The highest BCUT2D eigenvalue weighted by Crippen LogP contribution is 2.33. The molecule has 1 heterocycles. The van der Waals surface area contributed by atoms with Gasteiger partial charge >= 0.3 is 6.18 Å². The molecule has 2 N–H and O–H groups in total. The van der Waals surface area contributed by atoms with Gasteiger partial charge in [-0.25, -0.2) is 4.39 Å². The van der Waals surface area contributed by atoms with Crippen molar-refractivity contribution in [1.29, 1.82) is 0 Å². The van der Waals surface area contributed by atoms with Crippen molar-refractivity contribution in [3.63, 3.8) is 0 Å². The molecule has 1 aliphatic heterocycles. The van der Waals surface area contributed by atoms with Crippen LogP contribution in [-0.4, -0.2) is 19.6 Å². The summed E-state index contributed by atoms with van der Waals surface area (Å²) in [5.41, 5.74) is 4.81. The first-order valence-corrected chi connectivity index (χ1v) is 6.73. The quantitative estimate of drug-likeness (QED) is 0.864. The predicted molar refractivity (Wildman–Crippen MR) is 70.0 cm³/mol. The summed E-state index contributed by atoms with van der Waals surface area (Å²) < 4.78 is 51.3. The molecule has 0 spiro atoms. The van der Waals surface area contributed by atoms with E-state index in [1.807, 2.05) is 4.90 Å². The average Bonchev–Trinajstić information content (AvgIpc) is 2.39. The van der Waals surface area contributed by atoms with Gasteiger partial charge in [-0.15, -0.1) is 0 Å². The predicted octanol–water partition coefficient (Wildman–Crippen LogP) is 3.41. The maximum absolute atomic E-state index is 13.8. The molecule has 0 unspecified atom stereocenters. The van der Waals surface area contributed by atoms with Crippen LogP contribution in [0.2, 0.25) is 0 Å². The molecular formula is C14H18F4N2. The summed E-state index contributed by atoms with van der Waals surface area (Å²) in [7, 11) is 0. The van der Waals surface area contributed by atoms with E-state index in [0.29, 0.717) is 31.6 Å². The highest BCUT2D eigenvalue weighted by atomic mass is 19.4. The van der Waals surface area contributed by atoms with E-state index in [1.54, 1.807) is 0 Å². The molecule has 6 heteroatoms. The molecule has 0 atom stereocenters. The summed E-state index contributed by atoms with van der Waals surface area (Å²) >= 11 is 0. The number of hydrogen-bond donors (Lipinski definition) is 1. The van der Waals surface area contributed by atoms with E-state index < -0.39 is 17.6 Å². The Bertz CT molecular complexity index is 451. The summed E-state index contributed by atoms with van der Waals surface area (Å²) in [5.74, 6) is -0.272. The molecule has 20 heavy (non-hydrogen) atoms. The molecule has 1 fully saturated rings. The lowest BCUT2D eigenvalue weighted by Gasteiger charge is -2.33. The molecule has 0 amide bonds. The van der Waals surface area contributed by atoms with Crippen LogP contribution in [0.25, 0.3) is 0 Å². The van der Waals surface area contributed by atoms with Gasteiger partial charge in [-0.05, 0) is 49.9 Å². The molecule has 1 saturated heterocycles. The van der Waals surface area contributed by atoms with Crippen LogP contribution in [-0.2, 0) is 6.18 Å². The van der Waals surface area contributed by atoms with E-state index in [0.717, 1.165) is 25.3 Å². The third-order valence-corrected chi connectivity index (χ3v) is 3.81. The largest absolute Gasteiger partial charge is 0.416 e. The monoisotopic (exact) mass is 290 g/mol. The standard InChI is InChI=1S/C14H18F4N2/c15-12-9-11(14(16,17)18)1-2-13(12)20-7-4-10(3-6-19)5-8-20/h1-2,9-10H,3-8,19H2. The number of nitrogens with zero attached hydrogens (tertiary/aromatic N) is 1. The van der Waals surface area contributed by atoms with E-state index in [9.17, 15) is 17.6 Å². The molecule has 112 valence electrons. The second kappa shape index (κ2) is 5.99. The molecule has 2 nitrogen and oxygen atoms in total. The van der Waals surface area contributed by atoms with Gasteiger partial charge in [0.25, 0.3) is 0 Å². The van der Waals surface area contributed by atoms with Crippen LogP contribution in [0.5, 0.6) is 0 Å². The van der Waals surface area contributed by atoms with Gasteiger partial charge in [0, 0.05) is 13.1 Å². The van der Waals surface area contributed by atoms with E-state index >= 15 is 0 Å². The Morgan fingerprint density at radius 3 is 2.35 bits per heavy atom. The van der Waals surface area contributed by atoms with Gasteiger partial charge in [-0.3, -0.25) is 0 Å². The zero-order chi connectivity index (χ0) is 14.8. The molecule has 0 bridgehead atoms. The number of rotatable bonds is 3. The number of anilines is 1. The summed E-state index contributed by atoms with van der Waals surface area (Å²) in [6, 6.07) is 2.73. The fourth-order valence-electron chi connectivity index (χ4n) is 2.64. The zero-order valence-electron chi connectivity index (χ0n) is 11.1. The molecule has 1 aromatic carbocycles. The lowest BCUT2D eigenvalue weighted by atomic mass is 9.93. The number of piperidine rings is 1. The Kier molecular flexibility index (Phi) is 4.52. The van der Waals surface area contributed by atoms with Crippen molar-refractivity contribution in [3.05, 3.63) is 29.6 Å². The highest BCUT2D eigenvalue weighted by molar-refractivity contribution is 5.50. The number of halogens is 4. The molecule has 2 rings (SSSR count). The Hall–Kier alpha value is -1.30. The van der Waals surface area contributed by atoms with Crippen molar-refractivity contribution >= 4 is 5.69 Å². The first-order chi connectivity index (χ1) is 9.41. The fraction of sp³-hybridized carbons (Fsp3) is 0.571. The van der Waals surface area contributed by atoms with E-state index in [1.165, 1.54) is 6.07 Å². The van der Waals surface area contributed by atoms with Gasteiger partial charge in [-0.1, -0.05) is 0 Å². The molecular weight excluding hydrogens is 272 g/mol. The minimum Gasteiger partial charge on any atom is -0.369 e. The number of nitrogens with two attached hydrogens (primary N) is 1. The van der Waals surface area contributed by atoms with Crippen molar-refractivity contribution in [2.24, 2.45) is 11.7 Å². The zero-order valence-corrected chi connectivity index (χ0v) is 11.1. The Labute approximate surface area is 115 Å². The molecule has 0 radical (unpaired) electrons. The summed E-state index contributed by atoms with van der Waals surface area (Å²) in [4.78, 5) is 1.81. The second-order valence-electron chi connectivity index (χ2n) is 5.17. The maximum atomic E-state index is 13.8. The first kappa shape index (κ1) is 15.1. The third kappa shape index (κ3) is 3.42. The van der Waals surface area contributed by atoms with Gasteiger partial charge in [0.15, 0.2) is 0 Å². The van der Waals surface area contributed by atoms with Crippen LogP contribution in [0.15, 0.2) is 18.2 Å². The van der Waals surface area contributed by atoms with Crippen molar-refractivity contribution in [2.75, 3.05) is 24.5 Å². The van der Waals surface area contributed by atoms with Crippen LogP contribution in [0.3, 0.4) is 0 Å². The first-order valence-electron chi connectivity index (χ1n) is 6.73. The lowest BCUT2D eigenvalue weighted by molar-refractivity contribution is -0.137. The minimum absolute atomic E-state index is 0.254. The van der Waals surface area contributed by atoms with E-state index in [4.69, 9.17) is 5.73 Å². The van der Waals surface area contributed by atoms with E-state index in [-0.39, 0.29) is 5.69 Å². The van der Waals surface area contributed by atoms with Crippen molar-refractivity contribution < 1.29 is 17.6 Å². The molecule has 0 saturated carbocycles. The summed E-state index contributed by atoms with van der Waals surface area (Å²) in [5, 5.41) is 0. The highest BCUT2D eigenvalue weighted by Gasteiger charge is 2.32. The second-order valence-corrected chi connectivity index (χ2v) is 5.17.